The van der Waals surface area contributed by atoms with Crippen LogP contribution in [0.3, 0.4) is 0 Å². The van der Waals surface area contributed by atoms with Gasteiger partial charge < -0.3 is 5.11 Å². The van der Waals surface area contributed by atoms with E-state index in [1.54, 1.807) is 30.3 Å². The van der Waals surface area contributed by atoms with Crippen molar-refractivity contribution < 1.29 is 14.3 Å². The van der Waals surface area contributed by atoms with Crippen molar-refractivity contribution in [2.24, 2.45) is 0 Å². The predicted octanol–water partition coefficient (Wildman–Crippen LogP) is 2.74. The summed E-state index contributed by atoms with van der Waals surface area (Å²) in [5.74, 6) is -0.968. The first-order valence-corrected chi connectivity index (χ1v) is 4.48. The Labute approximate surface area is 82.4 Å². The number of rotatable bonds is 4. The Morgan fingerprint density at radius 3 is 2.50 bits per heavy atom. The second-order valence-corrected chi connectivity index (χ2v) is 3.46. The summed E-state index contributed by atoms with van der Waals surface area (Å²) in [7, 11) is 0. The van der Waals surface area contributed by atoms with Crippen molar-refractivity contribution in [3.05, 3.63) is 35.9 Å². The number of carboxylic acids is 1. The van der Waals surface area contributed by atoms with Crippen molar-refractivity contribution in [3.8, 4) is 0 Å². The molecule has 0 heterocycles. The van der Waals surface area contributed by atoms with Crippen molar-refractivity contribution in [3.63, 3.8) is 0 Å². The molecule has 0 aliphatic rings. The van der Waals surface area contributed by atoms with Crippen molar-refractivity contribution in [2.45, 2.75) is 25.4 Å². The van der Waals surface area contributed by atoms with Crippen molar-refractivity contribution in [2.75, 3.05) is 0 Å². The summed E-state index contributed by atoms with van der Waals surface area (Å²) in [6.45, 7) is 1.41. The molecule has 2 nitrogen and oxygen atoms in total. The molecule has 0 bridgehead atoms. The van der Waals surface area contributed by atoms with Gasteiger partial charge in [0.05, 0.1) is 0 Å². The summed E-state index contributed by atoms with van der Waals surface area (Å²) >= 11 is 0. The molecule has 1 atom stereocenters. The zero-order chi connectivity index (χ0) is 10.6. The summed E-state index contributed by atoms with van der Waals surface area (Å²) in [5.41, 5.74) is -1.03. The Morgan fingerprint density at radius 2 is 2.00 bits per heavy atom. The summed E-state index contributed by atoms with van der Waals surface area (Å²) in [6, 6.07) is 8.63. The van der Waals surface area contributed by atoms with E-state index in [1.807, 2.05) is 0 Å². The molecule has 1 rings (SSSR count). The molecule has 0 radical (unpaired) electrons. The van der Waals surface area contributed by atoms with Crippen molar-refractivity contribution in [1.29, 1.82) is 0 Å². The number of aliphatic carboxylic acids is 1. The standard InChI is InChI=1S/C11H13FO2/c1-11(12,8-7-10(13)14)9-5-3-2-4-6-9/h2-6H,7-8H2,1H3,(H,13,14)/t11-/m0/s1. The Hall–Kier alpha value is -1.38. The summed E-state index contributed by atoms with van der Waals surface area (Å²) in [4.78, 5) is 10.3. The van der Waals surface area contributed by atoms with Crippen LogP contribution in [0, 0.1) is 0 Å². The van der Waals surface area contributed by atoms with Gasteiger partial charge in [0.15, 0.2) is 0 Å². The van der Waals surface area contributed by atoms with Gasteiger partial charge >= 0.3 is 5.97 Å². The molecular weight excluding hydrogens is 183 g/mol. The van der Waals surface area contributed by atoms with E-state index in [4.69, 9.17) is 5.11 Å². The summed E-state index contributed by atoms with van der Waals surface area (Å²) in [6.07, 6.45) is -0.145. The van der Waals surface area contributed by atoms with Gasteiger partial charge in [0.1, 0.15) is 5.67 Å². The Balaban J connectivity index is 2.70. The summed E-state index contributed by atoms with van der Waals surface area (Å²) < 4.78 is 13.9. The number of hydrogen-bond acceptors (Lipinski definition) is 1. The van der Waals surface area contributed by atoms with Crippen LogP contribution in [-0.2, 0) is 10.5 Å². The van der Waals surface area contributed by atoms with Crippen LogP contribution in [0.5, 0.6) is 0 Å². The average molecular weight is 196 g/mol. The van der Waals surface area contributed by atoms with Gasteiger partial charge in [-0.05, 0) is 18.9 Å². The molecule has 1 N–H and O–H groups in total. The number of alkyl halides is 1. The fourth-order valence-corrected chi connectivity index (χ4v) is 1.27. The van der Waals surface area contributed by atoms with Crippen LogP contribution in [0.15, 0.2) is 30.3 Å². The van der Waals surface area contributed by atoms with Gasteiger partial charge in [-0.3, -0.25) is 4.79 Å². The lowest BCUT2D eigenvalue weighted by molar-refractivity contribution is -0.137. The highest BCUT2D eigenvalue weighted by atomic mass is 19.1. The van der Waals surface area contributed by atoms with E-state index in [0.29, 0.717) is 5.56 Å². The Bertz CT molecular complexity index is 306. The number of hydrogen-bond donors (Lipinski definition) is 1. The van der Waals surface area contributed by atoms with Gasteiger partial charge in [0, 0.05) is 6.42 Å². The molecule has 1 aromatic rings. The van der Waals surface area contributed by atoms with Gasteiger partial charge in [-0.15, -0.1) is 0 Å². The number of carbonyl (C=O) groups is 1. The lowest BCUT2D eigenvalue weighted by atomic mass is 9.93. The molecule has 0 fully saturated rings. The van der Waals surface area contributed by atoms with Gasteiger partial charge in [0.2, 0.25) is 0 Å². The van der Waals surface area contributed by atoms with Crippen LogP contribution in [0.4, 0.5) is 4.39 Å². The van der Waals surface area contributed by atoms with E-state index in [2.05, 4.69) is 0 Å². The van der Waals surface area contributed by atoms with E-state index in [-0.39, 0.29) is 12.8 Å². The minimum atomic E-state index is -1.56. The molecule has 0 saturated carbocycles. The molecule has 0 aromatic heterocycles. The van der Waals surface area contributed by atoms with Crippen LogP contribution in [0.2, 0.25) is 0 Å². The number of benzene rings is 1. The monoisotopic (exact) mass is 196 g/mol. The topological polar surface area (TPSA) is 37.3 Å². The van der Waals surface area contributed by atoms with E-state index >= 15 is 0 Å². The fraction of sp³-hybridized carbons (Fsp3) is 0.364. The SMILES string of the molecule is C[C@](F)(CCC(=O)O)c1ccccc1. The van der Waals surface area contributed by atoms with E-state index in [1.165, 1.54) is 6.92 Å². The lowest BCUT2D eigenvalue weighted by Crippen LogP contribution is -2.16. The molecule has 0 aliphatic carbocycles. The minimum absolute atomic E-state index is 0.00630. The molecule has 1 aromatic carbocycles. The molecule has 3 heteroatoms. The van der Waals surface area contributed by atoms with Gasteiger partial charge in [-0.1, -0.05) is 30.3 Å². The maximum atomic E-state index is 13.9. The number of halogens is 1. The highest BCUT2D eigenvalue weighted by Gasteiger charge is 2.25. The van der Waals surface area contributed by atoms with Gasteiger partial charge in [0.25, 0.3) is 0 Å². The minimum Gasteiger partial charge on any atom is -0.481 e. The summed E-state index contributed by atoms with van der Waals surface area (Å²) in [5, 5.41) is 8.46. The zero-order valence-corrected chi connectivity index (χ0v) is 8.03. The number of carboxylic acid groups (broad SMARTS) is 1. The molecule has 14 heavy (non-hydrogen) atoms. The predicted molar refractivity (Wildman–Crippen MR) is 51.8 cm³/mol. The highest BCUT2D eigenvalue weighted by Crippen LogP contribution is 2.30. The first-order chi connectivity index (χ1) is 6.52. The fourth-order valence-electron chi connectivity index (χ4n) is 1.27. The van der Waals surface area contributed by atoms with Crippen molar-refractivity contribution >= 4 is 5.97 Å². The molecule has 0 spiro atoms. The van der Waals surface area contributed by atoms with E-state index in [9.17, 15) is 9.18 Å². The van der Waals surface area contributed by atoms with Crippen molar-refractivity contribution in [1.82, 2.24) is 0 Å². The van der Waals surface area contributed by atoms with Crippen LogP contribution >= 0.6 is 0 Å². The smallest absolute Gasteiger partial charge is 0.303 e. The second kappa shape index (κ2) is 4.22. The van der Waals surface area contributed by atoms with Gasteiger partial charge in [-0.25, -0.2) is 4.39 Å². The Morgan fingerprint density at radius 1 is 1.43 bits per heavy atom. The maximum Gasteiger partial charge on any atom is 0.303 e. The highest BCUT2D eigenvalue weighted by molar-refractivity contribution is 5.66. The first-order valence-electron chi connectivity index (χ1n) is 4.48. The molecule has 0 amide bonds. The quantitative estimate of drug-likeness (QED) is 0.803. The van der Waals surface area contributed by atoms with Crippen LogP contribution < -0.4 is 0 Å². The lowest BCUT2D eigenvalue weighted by Gasteiger charge is -2.19. The zero-order valence-electron chi connectivity index (χ0n) is 8.03. The van der Waals surface area contributed by atoms with E-state index in [0.717, 1.165) is 0 Å². The third-order valence-corrected chi connectivity index (χ3v) is 2.18. The second-order valence-electron chi connectivity index (χ2n) is 3.46. The molecule has 0 aliphatic heterocycles. The molecule has 76 valence electrons. The third-order valence-electron chi connectivity index (χ3n) is 2.18. The molecule has 0 unspecified atom stereocenters. The van der Waals surface area contributed by atoms with Crippen LogP contribution in [0.25, 0.3) is 0 Å². The third kappa shape index (κ3) is 2.83. The first kappa shape index (κ1) is 10.7. The maximum absolute atomic E-state index is 13.9. The normalized spacial score (nSPS) is 14.7. The van der Waals surface area contributed by atoms with E-state index < -0.39 is 11.6 Å². The molecule has 0 saturated heterocycles. The largest absolute Gasteiger partial charge is 0.481 e. The average Bonchev–Trinajstić information content (AvgIpc) is 2.16. The van der Waals surface area contributed by atoms with Crippen LogP contribution in [-0.4, -0.2) is 11.1 Å². The van der Waals surface area contributed by atoms with Crippen LogP contribution in [0.1, 0.15) is 25.3 Å². The Kier molecular flexibility index (Phi) is 3.23. The van der Waals surface area contributed by atoms with Gasteiger partial charge in [-0.2, -0.15) is 0 Å². The molecular formula is C11H13FO2.